The minimum atomic E-state index is -0.180. The minimum absolute atomic E-state index is 0.180. The van der Waals surface area contributed by atoms with Crippen molar-refractivity contribution in [1.29, 1.82) is 0 Å². The molecule has 0 atom stereocenters. The van der Waals surface area contributed by atoms with Gasteiger partial charge in [-0.05, 0) is 65.2 Å². The molecule has 0 aliphatic rings. The predicted molar refractivity (Wildman–Crippen MR) is 108 cm³/mol. The number of carbonyl (C=O) groups excluding carboxylic acids is 1. The van der Waals surface area contributed by atoms with Crippen LogP contribution in [0.25, 0.3) is 0 Å². The van der Waals surface area contributed by atoms with Crippen molar-refractivity contribution in [3.63, 3.8) is 0 Å². The molecule has 2 aromatic rings. The van der Waals surface area contributed by atoms with Gasteiger partial charge in [-0.3, -0.25) is 4.79 Å². The Labute approximate surface area is 162 Å². The Bertz CT molecular complexity index is 734. The van der Waals surface area contributed by atoms with E-state index in [1.54, 1.807) is 24.3 Å². The van der Waals surface area contributed by atoms with Gasteiger partial charge in [0.1, 0.15) is 5.75 Å². The van der Waals surface area contributed by atoms with Crippen LogP contribution < -0.4 is 10.1 Å². The summed E-state index contributed by atoms with van der Waals surface area (Å²) >= 11 is 9.48. The highest BCUT2D eigenvalue weighted by molar-refractivity contribution is 9.10. The topological polar surface area (TPSA) is 38.3 Å². The first kappa shape index (κ1) is 19.8. The Hall–Kier alpha value is -1.52. The molecule has 134 valence electrons. The van der Waals surface area contributed by atoms with Gasteiger partial charge in [0.05, 0.1) is 11.1 Å². The van der Waals surface area contributed by atoms with Crippen LogP contribution in [0, 0.1) is 6.92 Å². The van der Waals surface area contributed by atoms with Gasteiger partial charge < -0.3 is 10.1 Å². The van der Waals surface area contributed by atoms with E-state index in [2.05, 4.69) is 28.2 Å². The van der Waals surface area contributed by atoms with Crippen molar-refractivity contribution in [1.82, 2.24) is 0 Å². The fourth-order valence-electron chi connectivity index (χ4n) is 2.39. The quantitative estimate of drug-likeness (QED) is 0.483. The number of anilines is 1. The minimum Gasteiger partial charge on any atom is -0.492 e. The zero-order chi connectivity index (χ0) is 18.2. The van der Waals surface area contributed by atoms with Crippen molar-refractivity contribution in [3.05, 3.63) is 57.0 Å². The molecule has 0 spiro atoms. The first-order valence-corrected chi connectivity index (χ1v) is 9.68. The lowest BCUT2D eigenvalue weighted by molar-refractivity contribution is 0.102. The molecule has 2 rings (SSSR count). The maximum absolute atomic E-state index is 12.5. The van der Waals surface area contributed by atoms with E-state index in [0.29, 0.717) is 22.9 Å². The molecule has 1 amide bonds. The van der Waals surface area contributed by atoms with E-state index < -0.39 is 0 Å². The summed E-state index contributed by atoms with van der Waals surface area (Å²) < 4.78 is 6.55. The average Bonchev–Trinajstić information content (AvgIpc) is 2.59. The van der Waals surface area contributed by atoms with Gasteiger partial charge in [0.15, 0.2) is 0 Å². The van der Waals surface area contributed by atoms with Gasteiger partial charge in [0, 0.05) is 16.3 Å². The highest BCUT2D eigenvalue weighted by Gasteiger charge is 2.11. The average molecular weight is 425 g/mol. The van der Waals surface area contributed by atoms with Gasteiger partial charge in [-0.25, -0.2) is 0 Å². The number of carbonyl (C=O) groups is 1. The van der Waals surface area contributed by atoms with Crippen LogP contribution in [-0.2, 0) is 0 Å². The first-order chi connectivity index (χ1) is 12.0. The lowest BCUT2D eigenvalue weighted by Gasteiger charge is -2.11. The number of rotatable bonds is 8. The van der Waals surface area contributed by atoms with Crippen molar-refractivity contribution >= 4 is 39.1 Å². The number of hydrogen-bond acceptors (Lipinski definition) is 2. The van der Waals surface area contributed by atoms with Crippen molar-refractivity contribution in [2.75, 3.05) is 11.9 Å². The van der Waals surface area contributed by atoms with Gasteiger partial charge in [-0.15, -0.1) is 0 Å². The number of amides is 1. The highest BCUT2D eigenvalue weighted by atomic mass is 79.9. The molecule has 25 heavy (non-hydrogen) atoms. The smallest absolute Gasteiger partial charge is 0.255 e. The Balaban J connectivity index is 1.99. The number of hydrogen-bond donors (Lipinski definition) is 1. The standard InChI is InChI=1S/C20H23BrClNO2/c1-3-4-5-6-11-25-19-10-8-15(12-17(19)21)20(24)23-18-13-16(22)9-7-14(18)2/h7-10,12-13H,3-6,11H2,1-2H3,(H,23,24). The number of ether oxygens (including phenoxy) is 1. The van der Waals surface area contributed by atoms with Crippen LogP contribution >= 0.6 is 27.5 Å². The molecule has 0 saturated carbocycles. The molecular formula is C20H23BrClNO2. The normalized spacial score (nSPS) is 10.6. The molecule has 0 aliphatic carbocycles. The molecule has 0 aromatic heterocycles. The second-order valence-electron chi connectivity index (χ2n) is 5.97. The van der Waals surface area contributed by atoms with Crippen LogP contribution in [-0.4, -0.2) is 12.5 Å². The third-order valence-corrected chi connectivity index (χ3v) is 4.75. The Morgan fingerprint density at radius 3 is 2.68 bits per heavy atom. The maximum atomic E-state index is 12.5. The monoisotopic (exact) mass is 423 g/mol. The van der Waals surface area contributed by atoms with Crippen LogP contribution in [0.3, 0.4) is 0 Å². The lowest BCUT2D eigenvalue weighted by atomic mass is 10.1. The van der Waals surface area contributed by atoms with Crippen molar-refractivity contribution in [3.8, 4) is 5.75 Å². The molecule has 0 heterocycles. The van der Waals surface area contributed by atoms with Crippen molar-refractivity contribution < 1.29 is 9.53 Å². The zero-order valence-electron chi connectivity index (χ0n) is 14.6. The molecule has 0 unspecified atom stereocenters. The Morgan fingerprint density at radius 1 is 1.16 bits per heavy atom. The molecule has 0 aliphatic heterocycles. The van der Waals surface area contributed by atoms with E-state index >= 15 is 0 Å². The largest absolute Gasteiger partial charge is 0.492 e. The third-order valence-electron chi connectivity index (χ3n) is 3.90. The molecular weight excluding hydrogens is 402 g/mol. The molecule has 0 bridgehead atoms. The fourth-order valence-corrected chi connectivity index (χ4v) is 3.06. The van der Waals surface area contributed by atoms with E-state index in [1.165, 1.54) is 19.3 Å². The van der Waals surface area contributed by atoms with Gasteiger partial charge in [0.2, 0.25) is 0 Å². The van der Waals surface area contributed by atoms with Gasteiger partial charge >= 0.3 is 0 Å². The third kappa shape index (κ3) is 6.05. The number of aryl methyl sites for hydroxylation is 1. The summed E-state index contributed by atoms with van der Waals surface area (Å²) in [5.41, 5.74) is 2.23. The van der Waals surface area contributed by atoms with E-state index in [1.807, 2.05) is 19.1 Å². The summed E-state index contributed by atoms with van der Waals surface area (Å²) in [6, 6.07) is 10.8. The summed E-state index contributed by atoms with van der Waals surface area (Å²) in [7, 11) is 0. The summed E-state index contributed by atoms with van der Waals surface area (Å²) in [5.74, 6) is 0.576. The molecule has 1 N–H and O–H groups in total. The Morgan fingerprint density at radius 2 is 1.96 bits per heavy atom. The molecule has 5 heteroatoms. The molecule has 0 fully saturated rings. The maximum Gasteiger partial charge on any atom is 0.255 e. The molecule has 3 nitrogen and oxygen atoms in total. The summed E-state index contributed by atoms with van der Waals surface area (Å²) in [6.07, 6.45) is 4.65. The van der Waals surface area contributed by atoms with Crippen molar-refractivity contribution in [2.45, 2.75) is 39.5 Å². The Kier molecular flexibility index (Phi) is 7.79. The van der Waals surface area contributed by atoms with Crippen molar-refractivity contribution in [2.24, 2.45) is 0 Å². The van der Waals surface area contributed by atoms with E-state index in [4.69, 9.17) is 16.3 Å². The highest BCUT2D eigenvalue weighted by Crippen LogP contribution is 2.27. The second-order valence-corrected chi connectivity index (χ2v) is 7.26. The number of unbranched alkanes of at least 4 members (excludes halogenated alkanes) is 3. The van der Waals surface area contributed by atoms with Crippen LogP contribution in [0.1, 0.15) is 48.5 Å². The summed E-state index contributed by atoms with van der Waals surface area (Å²) in [4.78, 5) is 12.5. The number of nitrogens with one attached hydrogen (secondary N) is 1. The SMILES string of the molecule is CCCCCCOc1ccc(C(=O)Nc2cc(Cl)ccc2C)cc1Br. The predicted octanol–water partition coefficient (Wildman–Crippen LogP) is 6.62. The van der Waals surface area contributed by atoms with Gasteiger partial charge in [-0.2, -0.15) is 0 Å². The number of halogens is 2. The number of benzene rings is 2. The van der Waals surface area contributed by atoms with E-state index in [-0.39, 0.29) is 5.91 Å². The summed E-state index contributed by atoms with van der Waals surface area (Å²) in [5, 5.41) is 3.49. The van der Waals surface area contributed by atoms with Crippen LogP contribution in [0.15, 0.2) is 40.9 Å². The second kappa shape index (κ2) is 9.83. The van der Waals surface area contributed by atoms with Crippen LogP contribution in [0.5, 0.6) is 5.75 Å². The lowest BCUT2D eigenvalue weighted by Crippen LogP contribution is -2.13. The summed E-state index contributed by atoms with van der Waals surface area (Å²) in [6.45, 7) is 4.80. The molecule has 0 radical (unpaired) electrons. The molecule has 0 saturated heterocycles. The van der Waals surface area contributed by atoms with Crippen LogP contribution in [0.2, 0.25) is 5.02 Å². The first-order valence-electron chi connectivity index (χ1n) is 8.51. The zero-order valence-corrected chi connectivity index (χ0v) is 16.9. The molecule has 2 aromatic carbocycles. The van der Waals surface area contributed by atoms with Crippen LogP contribution in [0.4, 0.5) is 5.69 Å². The van der Waals surface area contributed by atoms with E-state index in [0.717, 1.165) is 22.2 Å². The van der Waals surface area contributed by atoms with E-state index in [9.17, 15) is 4.79 Å². The van der Waals surface area contributed by atoms with Gasteiger partial charge in [-0.1, -0.05) is 43.9 Å². The fraction of sp³-hybridized carbons (Fsp3) is 0.350. The van der Waals surface area contributed by atoms with Gasteiger partial charge in [0.25, 0.3) is 5.91 Å².